The van der Waals surface area contributed by atoms with Crippen LogP contribution < -0.4 is 0 Å². The average Bonchev–Trinajstić information content (AvgIpc) is 2.97. The molecule has 0 bridgehead atoms. The number of aliphatic carboxylic acids is 1. The number of likely N-dealkylation sites (tertiary alicyclic amines) is 1. The van der Waals surface area contributed by atoms with E-state index in [9.17, 15) is 14.7 Å². The van der Waals surface area contributed by atoms with Crippen LogP contribution in [0.4, 0.5) is 0 Å². The Balaban J connectivity index is 2.18. The van der Waals surface area contributed by atoms with Crippen molar-refractivity contribution >= 4 is 11.9 Å². The Hall–Kier alpha value is -1.32. The van der Waals surface area contributed by atoms with Crippen molar-refractivity contribution in [1.82, 2.24) is 4.90 Å². The third-order valence-electron chi connectivity index (χ3n) is 4.09. The van der Waals surface area contributed by atoms with Crippen LogP contribution in [0.5, 0.6) is 0 Å². The quantitative estimate of drug-likeness (QED) is 0.761. The summed E-state index contributed by atoms with van der Waals surface area (Å²) in [5.74, 6) is -0.855. The first-order chi connectivity index (χ1) is 8.12. The molecule has 4 heteroatoms. The first-order valence-electron chi connectivity index (χ1n) is 6.31. The summed E-state index contributed by atoms with van der Waals surface area (Å²) in [4.78, 5) is 25.4. The number of nitrogens with zero attached hydrogens (tertiary/aromatic N) is 1. The number of rotatable bonds is 3. The maximum absolute atomic E-state index is 12.3. The van der Waals surface area contributed by atoms with Gasteiger partial charge in [-0.25, -0.2) is 4.79 Å². The lowest BCUT2D eigenvalue weighted by Gasteiger charge is -2.35. The van der Waals surface area contributed by atoms with Crippen molar-refractivity contribution in [3.63, 3.8) is 0 Å². The summed E-state index contributed by atoms with van der Waals surface area (Å²) in [6, 6.07) is 0. The predicted molar refractivity (Wildman–Crippen MR) is 63.5 cm³/mol. The van der Waals surface area contributed by atoms with Crippen molar-refractivity contribution in [2.45, 2.75) is 44.6 Å². The van der Waals surface area contributed by atoms with Crippen molar-refractivity contribution in [2.75, 3.05) is 6.54 Å². The molecule has 2 rings (SSSR count). The lowest BCUT2D eigenvalue weighted by Crippen LogP contribution is -2.54. The number of carboxylic acid groups (broad SMARTS) is 1. The van der Waals surface area contributed by atoms with Gasteiger partial charge in [0.15, 0.2) is 0 Å². The number of allylic oxidation sites excluding steroid dienone is 2. The molecule has 1 N–H and O–H groups in total. The maximum atomic E-state index is 12.3. The maximum Gasteiger partial charge on any atom is 0.329 e. The van der Waals surface area contributed by atoms with Crippen LogP contribution in [0.15, 0.2) is 12.2 Å². The molecule has 0 aromatic rings. The summed E-state index contributed by atoms with van der Waals surface area (Å²) < 4.78 is 0. The van der Waals surface area contributed by atoms with E-state index in [4.69, 9.17) is 0 Å². The first-order valence-corrected chi connectivity index (χ1v) is 6.31. The number of carbonyl (C=O) groups excluding carboxylic acids is 1. The molecule has 1 aliphatic carbocycles. The Labute approximate surface area is 101 Å². The topological polar surface area (TPSA) is 57.6 Å². The third kappa shape index (κ3) is 1.85. The molecule has 2 aliphatic rings. The molecule has 17 heavy (non-hydrogen) atoms. The van der Waals surface area contributed by atoms with Gasteiger partial charge in [-0.05, 0) is 32.1 Å². The Morgan fingerprint density at radius 1 is 1.41 bits per heavy atom. The van der Waals surface area contributed by atoms with Gasteiger partial charge < -0.3 is 10.0 Å². The van der Waals surface area contributed by atoms with Crippen LogP contribution in [0.3, 0.4) is 0 Å². The van der Waals surface area contributed by atoms with Gasteiger partial charge in [0.1, 0.15) is 5.54 Å². The van der Waals surface area contributed by atoms with Crippen LogP contribution in [-0.2, 0) is 9.59 Å². The zero-order valence-corrected chi connectivity index (χ0v) is 10.2. The van der Waals surface area contributed by atoms with Crippen molar-refractivity contribution in [1.29, 1.82) is 0 Å². The molecular weight excluding hydrogens is 218 g/mol. The van der Waals surface area contributed by atoms with Crippen LogP contribution in [0.25, 0.3) is 0 Å². The minimum atomic E-state index is -0.945. The van der Waals surface area contributed by atoms with Crippen LogP contribution in [0.2, 0.25) is 0 Å². The zero-order valence-electron chi connectivity index (χ0n) is 10.2. The molecule has 1 atom stereocenters. The predicted octanol–water partition coefficient (Wildman–Crippen LogP) is 1.81. The van der Waals surface area contributed by atoms with Crippen molar-refractivity contribution in [2.24, 2.45) is 5.92 Å². The van der Waals surface area contributed by atoms with Crippen molar-refractivity contribution < 1.29 is 14.7 Å². The molecule has 1 heterocycles. The molecule has 1 amide bonds. The van der Waals surface area contributed by atoms with Gasteiger partial charge in [-0.2, -0.15) is 0 Å². The largest absolute Gasteiger partial charge is 0.479 e. The molecule has 0 aromatic heterocycles. The standard InChI is InChI=1S/C13H19NO3/c1-2-13(12(16)17)8-5-9-14(13)11(15)10-6-3-4-7-10/h3-4,10H,2,5-9H2,1H3,(H,16,17). The van der Waals surface area contributed by atoms with Crippen LogP contribution in [-0.4, -0.2) is 34.0 Å². The molecule has 1 fully saturated rings. The second kappa shape index (κ2) is 4.51. The van der Waals surface area contributed by atoms with Crippen molar-refractivity contribution in [3.8, 4) is 0 Å². The average molecular weight is 237 g/mol. The summed E-state index contributed by atoms with van der Waals surface area (Å²) in [5, 5.41) is 9.42. The van der Waals surface area contributed by atoms with E-state index in [1.165, 1.54) is 0 Å². The SMILES string of the molecule is CCC1(C(=O)O)CCCN1C(=O)C1CC=CC1. The molecule has 94 valence electrons. The molecule has 1 unspecified atom stereocenters. The Kier molecular flexibility index (Phi) is 3.22. The van der Waals surface area contributed by atoms with Gasteiger partial charge in [0.25, 0.3) is 0 Å². The lowest BCUT2D eigenvalue weighted by molar-refractivity contribution is -0.158. The fraction of sp³-hybridized carbons (Fsp3) is 0.692. The Bertz CT molecular complexity index is 356. The summed E-state index contributed by atoms with van der Waals surface area (Å²) in [6.07, 6.45) is 7.41. The second-order valence-corrected chi connectivity index (χ2v) is 4.92. The summed E-state index contributed by atoms with van der Waals surface area (Å²) in [7, 11) is 0. The van der Waals surface area contributed by atoms with Crippen LogP contribution in [0.1, 0.15) is 39.0 Å². The van der Waals surface area contributed by atoms with Crippen molar-refractivity contribution in [3.05, 3.63) is 12.2 Å². The normalized spacial score (nSPS) is 28.9. The Morgan fingerprint density at radius 3 is 2.59 bits per heavy atom. The van der Waals surface area contributed by atoms with E-state index in [2.05, 4.69) is 0 Å². The van der Waals surface area contributed by atoms with E-state index < -0.39 is 11.5 Å². The van der Waals surface area contributed by atoms with Gasteiger partial charge in [-0.1, -0.05) is 19.1 Å². The summed E-state index contributed by atoms with van der Waals surface area (Å²) in [6.45, 7) is 2.45. The molecule has 0 radical (unpaired) electrons. The highest BCUT2D eigenvalue weighted by Crippen LogP contribution is 2.35. The molecule has 1 aliphatic heterocycles. The zero-order chi connectivity index (χ0) is 12.5. The van der Waals surface area contributed by atoms with Gasteiger partial charge >= 0.3 is 5.97 Å². The van der Waals surface area contributed by atoms with E-state index in [0.29, 0.717) is 19.4 Å². The van der Waals surface area contributed by atoms with Gasteiger partial charge in [0, 0.05) is 12.5 Å². The van der Waals surface area contributed by atoms with Gasteiger partial charge in [-0.3, -0.25) is 4.79 Å². The molecule has 1 saturated heterocycles. The number of hydrogen-bond donors (Lipinski definition) is 1. The summed E-state index contributed by atoms with van der Waals surface area (Å²) in [5.41, 5.74) is -0.945. The van der Waals surface area contributed by atoms with Gasteiger partial charge in [-0.15, -0.1) is 0 Å². The third-order valence-corrected chi connectivity index (χ3v) is 4.09. The van der Waals surface area contributed by atoms with Gasteiger partial charge in [0.05, 0.1) is 0 Å². The number of amides is 1. The van der Waals surface area contributed by atoms with Gasteiger partial charge in [0.2, 0.25) is 5.91 Å². The first kappa shape index (κ1) is 12.1. The lowest BCUT2D eigenvalue weighted by atomic mass is 9.91. The molecule has 0 spiro atoms. The number of carboxylic acids is 1. The highest BCUT2D eigenvalue weighted by Gasteiger charge is 2.49. The monoisotopic (exact) mass is 237 g/mol. The van der Waals surface area contributed by atoms with E-state index in [1.807, 2.05) is 19.1 Å². The van der Waals surface area contributed by atoms with Crippen LogP contribution >= 0.6 is 0 Å². The molecule has 0 aromatic carbocycles. The second-order valence-electron chi connectivity index (χ2n) is 4.92. The van der Waals surface area contributed by atoms with E-state index in [1.54, 1.807) is 4.90 Å². The highest BCUT2D eigenvalue weighted by molar-refractivity contribution is 5.89. The minimum Gasteiger partial charge on any atom is -0.479 e. The fourth-order valence-corrected chi connectivity index (χ4v) is 2.98. The highest BCUT2D eigenvalue weighted by atomic mass is 16.4. The van der Waals surface area contributed by atoms with E-state index >= 15 is 0 Å². The van der Waals surface area contributed by atoms with E-state index in [0.717, 1.165) is 19.3 Å². The van der Waals surface area contributed by atoms with E-state index in [-0.39, 0.29) is 11.8 Å². The smallest absolute Gasteiger partial charge is 0.329 e. The van der Waals surface area contributed by atoms with Crippen LogP contribution in [0, 0.1) is 5.92 Å². The summed E-state index contributed by atoms with van der Waals surface area (Å²) >= 11 is 0. The Morgan fingerprint density at radius 2 is 2.06 bits per heavy atom. The molecule has 0 saturated carbocycles. The number of hydrogen-bond acceptors (Lipinski definition) is 2. The molecule has 4 nitrogen and oxygen atoms in total. The minimum absolute atomic E-state index is 0.0248. The number of carbonyl (C=O) groups is 2. The fourth-order valence-electron chi connectivity index (χ4n) is 2.98. The molecular formula is C13H19NO3.